The van der Waals surface area contributed by atoms with Gasteiger partial charge in [-0.3, -0.25) is 4.21 Å². The van der Waals surface area contributed by atoms with E-state index in [1.165, 1.54) is 23.9 Å². The molecule has 1 N–H and O–H groups in total. The molecule has 0 spiro atoms. The Hall–Kier alpha value is -2.07. The molecule has 1 atom stereocenters. The van der Waals surface area contributed by atoms with Crippen molar-refractivity contribution in [1.29, 1.82) is 0 Å². The second-order valence-electron chi connectivity index (χ2n) is 6.28. The summed E-state index contributed by atoms with van der Waals surface area (Å²) in [5.74, 6) is 0.648. The van der Waals surface area contributed by atoms with Crippen molar-refractivity contribution in [3.8, 4) is 11.3 Å². The largest absolute Gasteiger partial charge is 0.371 e. The molecule has 2 aromatic carbocycles. The summed E-state index contributed by atoms with van der Waals surface area (Å²) in [4.78, 5) is 6.89. The molecule has 0 radical (unpaired) electrons. The number of H-pyrrole nitrogens is 1. The van der Waals surface area contributed by atoms with Crippen molar-refractivity contribution in [2.45, 2.75) is 24.7 Å². The van der Waals surface area contributed by atoms with Crippen LogP contribution in [-0.2, 0) is 10.8 Å². The van der Waals surface area contributed by atoms with Gasteiger partial charge in [-0.05, 0) is 43.2 Å². The normalized spacial score (nSPS) is 16.0. The van der Waals surface area contributed by atoms with Crippen molar-refractivity contribution in [2.24, 2.45) is 0 Å². The molecule has 124 valence electrons. The maximum Gasteiger partial charge on any atom is 0.0526 e. The summed E-state index contributed by atoms with van der Waals surface area (Å²) >= 11 is 0. The number of para-hydroxylation sites is 1. The first-order valence-electron chi connectivity index (χ1n) is 8.62. The van der Waals surface area contributed by atoms with E-state index in [0.29, 0.717) is 5.75 Å². The average molecular weight is 338 g/mol. The molecule has 3 aromatic rings. The first kappa shape index (κ1) is 15.5. The number of hydrogen-bond donors (Lipinski definition) is 1. The molecular weight excluding hydrogens is 316 g/mol. The Morgan fingerprint density at radius 3 is 2.62 bits per heavy atom. The Morgan fingerprint density at radius 2 is 1.88 bits per heavy atom. The van der Waals surface area contributed by atoms with E-state index in [9.17, 15) is 4.21 Å². The monoisotopic (exact) mass is 338 g/mol. The van der Waals surface area contributed by atoms with Crippen molar-refractivity contribution in [3.05, 3.63) is 48.5 Å². The average Bonchev–Trinajstić information content (AvgIpc) is 3.29. The van der Waals surface area contributed by atoms with Gasteiger partial charge in [0.2, 0.25) is 0 Å². The number of aromatic amines is 1. The van der Waals surface area contributed by atoms with Gasteiger partial charge < -0.3 is 9.88 Å². The Kier molecular flexibility index (Phi) is 4.15. The first-order valence-corrected chi connectivity index (χ1v) is 9.93. The summed E-state index contributed by atoms with van der Waals surface area (Å²) in [6.45, 7) is 4.17. The third-order valence-electron chi connectivity index (χ3n) is 4.76. The maximum atomic E-state index is 12.3. The van der Waals surface area contributed by atoms with Crippen molar-refractivity contribution in [3.63, 3.8) is 0 Å². The molecule has 1 fully saturated rings. The van der Waals surface area contributed by atoms with Crippen LogP contribution in [0, 0.1) is 0 Å². The van der Waals surface area contributed by atoms with Crippen molar-refractivity contribution in [2.75, 3.05) is 23.7 Å². The SMILES string of the molecule is CC[S@@](=O)c1ccc(N2CCCC2)c(-c2cc3ccccc3[nH]2)c1. The van der Waals surface area contributed by atoms with Crippen LogP contribution >= 0.6 is 0 Å². The van der Waals surface area contributed by atoms with E-state index < -0.39 is 10.8 Å². The van der Waals surface area contributed by atoms with Crippen LogP contribution in [0.2, 0.25) is 0 Å². The quantitative estimate of drug-likeness (QED) is 0.757. The topological polar surface area (TPSA) is 36.1 Å². The van der Waals surface area contributed by atoms with Gasteiger partial charge in [-0.1, -0.05) is 25.1 Å². The summed E-state index contributed by atoms with van der Waals surface area (Å²) < 4.78 is 12.3. The van der Waals surface area contributed by atoms with Crippen LogP contribution in [0.15, 0.2) is 53.4 Å². The molecule has 0 aliphatic carbocycles. The zero-order chi connectivity index (χ0) is 16.5. The van der Waals surface area contributed by atoms with Gasteiger partial charge in [-0.25, -0.2) is 0 Å². The van der Waals surface area contributed by atoms with Crippen LogP contribution in [0.1, 0.15) is 19.8 Å². The van der Waals surface area contributed by atoms with Gasteiger partial charge in [0.25, 0.3) is 0 Å². The lowest BCUT2D eigenvalue weighted by Crippen LogP contribution is -2.18. The lowest BCUT2D eigenvalue weighted by molar-refractivity contribution is 0.684. The van der Waals surface area contributed by atoms with Gasteiger partial charge in [-0.15, -0.1) is 0 Å². The molecular formula is C20H22N2OS. The van der Waals surface area contributed by atoms with Gasteiger partial charge in [0.05, 0.1) is 10.8 Å². The summed E-state index contributed by atoms with van der Waals surface area (Å²) in [5.41, 5.74) is 4.65. The van der Waals surface area contributed by atoms with E-state index in [0.717, 1.165) is 34.8 Å². The van der Waals surface area contributed by atoms with Crippen LogP contribution in [0.4, 0.5) is 5.69 Å². The second-order valence-corrected chi connectivity index (χ2v) is 8.02. The minimum atomic E-state index is -0.934. The minimum absolute atomic E-state index is 0.648. The zero-order valence-corrected chi connectivity index (χ0v) is 14.7. The lowest BCUT2D eigenvalue weighted by Gasteiger charge is -2.21. The molecule has 2 heterocycles. The standard InChI is InChI=1S/C20H22N2OS/c1-2-24(23)16-9-10-20(22-11-5-6-12-22)17(14-16)19-13-15-7-3-4-8-18(15)21-19/h3-4,7-10,13-14,21H,2,5-6,11-12H2,1H3/t24-/m1/s1. The predicted octanol–water partition coefficient (Wildman–Crippen LogP) is 4.56. The zero-order valence-electron chi connectivity index (χ0n) is 13.9. The van der Waals surface area contributed by atoms with Crippen molar-refractivity contribution >= 4 is 27.4 Å². The smallest absolute Gasteiger partial charge is 0.0526 e. The lowest BCUT2D eigenvalue weighted by atomic mass is 10.1. The highest BCUT2D eigenvalue weighted by molar-refractivity contribution is 7.85. The van der Waals surface area contributed by atoms with E-state index in [1.807, 2.05) is 19.1 Å². The maximum absolute atomic E-state index is 12.3. The summed E-state index contributed by atoms with van der Waals surface area (Å²) in [5, 5.41) is 1.21. The number of hydrogen-bond acceptors (Lipinski definition) is 2. The Bertz CT molecular complexity index is 861. The molecule has 1 aromatic heterocycles. The molecule has 0 saturated carbocycles. The Morgan fingerprint density at radius 1 is 1.08 bits per heavy atom. The molecule has 0 amide bonds. The van der Waals surface area contributed by atoms with Crippen molar-refractivity contribution in [1.82, 2.24) is 4.98 Å². The number of fused-ring (bicyclic) bond motifs is 1. The van der Waals surface area contributed by atoms with E-state index in [4.69, 9.17) is 0 Å². The molecule has 1 aliphatic rings. The van der Waals surface area contributed by atoms with Crippen LogP contribution in [0.3, 0.4) is 0 Å². The molecule has 4 rings (SSSR count). The van der Waals surface area contributed by atoms with Crippen LogP contribution < -0.4 is 4.90 Å². The number of benzene rings is 2. The van der Waals surface area contributed by atoms with Gasteiger partial charge >= 0.3 is 0 Å². The summed E-state index contributed by atoms with van der Waals surface area (Å²) in [6, 6.07) is 16.8. The molecule has 4 heteroatoms. The molecule has 0 bridgehead atoms. The Balaban J connectivity index is 1.87. The van der Waals surface area contributed by atoms with Gasteiger partial charge in [0, 0.05) is 51.6 Å². The van der Waals surface area contributed by atoms with Gasteiger partial charge in [-0.2, -0.15) is 0 Å². The minimum Gasteiger partial charge on any atom is -0.371 e. The van der Waals surface area contributed by atoms with Crippen molar-refractivity contribution < 1.29 is 4.21 Å². The van der Waals surface area contributed by atoms with Gasteiger partial charge in [0.1, 0.15) is 0 Å². The number of rotatable bonds is 4. The van der Waals surface area contributed by atoms with Crippen LogP contribution in [-0.4, -0.2) is 28.0 Å². The highest BCUT2D eigenvalue weighted by atomic mass is 32.2. The number of nitrogens with one attached hydrogen (secondary N) is 1. The number of anilines is 1. The fraction of sp³-hybridized carbons (Fsp3) is 0.300. The molecule has 1 aliphatic heterocycles. The second kappa shape index (κ2) is 6.44. The predicted molar refractivity (Wildman–Crippen MR) is 102 cm³/mol. The van der Waals surface area contributed by atoms with Gasteiger partial charge in [0.15, 0.2) is 0 Å². The molecule has 1 saturated heterocycles. The van der Waals surface area contributed by atoms with E-state index >= 15 is 0 Å². The number of aromatic nitrogens is 1. The van der Waals surface area contributed by atoms with E-state index in [2.05, 4.69) is 46.3 Å². The molecule has 0 unspecified atom stereocenters. The highest BCUT2D eigenvalue weighted by Gasteiger charge is 2.19. The molecule has 24 heavy (non-hydrogen) atoms. The molecule has 3 nitrogen and oxygen atoms in total. The van der Waals surface area contributed by atoms with Crippen LogP contribution in [0.5, 0.6) is 0 Å². The Labute approximate surface area is 145 Å². The number of nitrogens with zero attached hydrogens (tertiary/aromatic N) is 1. The summed E-state index contributed by atoms with van der Waals surface area (Å²) in [7, 11) is -0.934. The highest BCUT2D eigenvalue weighted by Crippen LogP contribution is 2.35. The van der Waals surface area contributed by atoms with E-state index in [-0.39, 0.29) is 0 Å². The summed E-state index contributed by atoms with van der Waals surface area (Å²) in [6.07, 6.45) is 2.49. The fourth-order valence-electron chi connectivity index (χ4n) is 3.49. The third kappa shape index (κ3) is 2.75. The fourth-order valence-corrected chi connectivity index (χ4v) is 4.29. The first-order chi connectivity index (χ1) is 11.8. The third-order valence-corrected chi connectivity index (χ3v) is 6.06. The van der Waals surface area contributed by atoms with Crippen LogP contribution in [0.25, 0.3) is 22.2 Å². The van der Waals surface area contributed by atoms with E-state index in [1.54, 1.807) is 0 Å².